The molecular weight excluding hydrogens is 458 g/mol. The van der Waals surface area contributed by atoms with Gasteiger partial charge in [-0.1, -0.05) is 30.3 Å². The lowest BCUT2D eigenvalue weighted by atomic mass is 9.89. The van der Waals surface area contributed by atoms with Crippen molar-refractivity contribution in [2.24, 2.45) is 11.7 Å². The van der Waals surface area contributed by atoms with E-state index in [1.807, 2.05) is 59.6 Å². The Morgan fingerprint density at radius 1 is 1.11 bits per heavy atom. The first-order valence-corrected chi connectivity index (χ1v) is 12.3. The minimum Gasteiger partial charge on any atom is -0.489 e. The van der Waals surface area contributed by atoms with Gasteiger partial charge < -0.3 is 10.5 Å². The highest BCUT2D eigenvalue weighted by atomic mass is 16.5. The highest BCUT2D eigenvalue weighted by Gasteiger charge is 2.47. The molecule has 1 aromatic heterocycles. The van der Waals surface area contributed by atoms with Gasteiger partial charge in [0.05, 0.1) is 5.52 Å². The number of ether oxygens (including phenoxy) is 1. The van der Waals surface area contributed by atoms with E-state index in [2.05, 4.69) is 4.98 Å². The number of piperidine rings is 1. The number of aromatic nitrogens is 1. The monoisotopic (exact) mass is 489 g/mol. The number of carbonyl (C=O) groups is 2. The number of fused-ring (bicyclic) bond motifs is 1. The second-order valence-corrected chi connectivity index (χ2v) is 9.59. The van der Waals surface area contributed by atoms with Gasteiger partial charge in [-0.25, -0.2) is 10.5 Å². The summed E-state index contributed by atoms with van der Waals surface area (Å²) in [4.78, 5) is 29.2. The molecule has 5 rings (SSSR count). The Bertz CT molecular complexity index is 1240. The lowest BCUT2D eigenvalue weighted by Gasteiger charge is -2.38. The Morgan fingerprint density at radius 3 is 2.61 bits per heavy atom. The van der Waals surface area contributed by atoms with Crippen molar-refractivity contribution in [2.75, 3.05) is 19.6 Å². The van der Waals surface area contributed by atoms with Gasteiger partial charge in [-0.05, 0) is 55.0 Å². The smallest absolute Gasteiger partial charge is 0.261 e. The number of hydrogen-bond acceptors (Lipinski definition) is 7. The van der Waals surface area contributed by atoms with E-state index in [0.29, 0.717) is 44.8 Å². The van der Waals surface area contributed by atoms with Crippen LogP contribution in [0.1, 0.15) is 36.8 Å². The van der Waals surface area contributed by atoms with E-state index in [0.717, 1.165) is 34.9 Å². The molecule has 1 atom stereocenters. The molecule has 2 aliphatic heterocycles. The number of hydrazine groups is 1. The molecule has 0 bridgehead atoms. The Morgan fingerprint density at radius 2 is 1.86 bits per heavy atom. The summed E-state index contributed by atoms with van der Waals surface area (Å²) in [6, 6.07) is 17.4. The molecule has 2 saturated heterocycles. The third-order valence-corrected chi connectivity index (χ3v) is 7.37. The zero-order valence-corrected chi connectivity index (χ0v) is 20.1. The first kappa shape index (κ1) is 24.2. The molecule has 0 radical (unpaired) electrons. The third kappa shape index (κ3) is 4.77. The van der Waals surface area contributed by atoms with Crippen LogP contribution in [-0.4, -0.2) is 51.7 Å². The van der Waals surface area contributed by atoms with Gasteiger partial charge in [-0.15, -0.1) is 0 Å². The number of rotatable bonds is 7. The van der Waals surface area contributed by atoms with Gasteiger partial charge in [0.15, 0.2) is 0 Å². The lowest BCUT2D eigenvalue weighted by molar-refractivity contribution is -0.150. The summed E-state index contributed by atoms with van der Waals surface area (Å²) in [6.07, 6.45) is 4.18. The Labute approximate surface area is 209 Å². The first-order valence-electron chi connectivity index (χ1n) is 12.3. The number of hydroxylamine groups is 1. The Hall–Kier alpha value is -3.53. The van der Waals surface area contributed by atoms with Gasteiger partial charge in [-0.2, -0.15) is 0 Å². The number of carbonyl (C=O) groups excluding carboxylic acids is 2. The molecule has 4 N–H and O–H groups in total. The summed E-state index contributed by atoms with van der Waals surface area (Å²) in [5.41, 5.74) is 10.0. The molecule has 0 saturated carbocycles. The van der Waals surface area contributed by atoms with Crippen LogP contribution in [0.25, 0.3) is 10.9 Å². The van der Waals surface area contributed by atoms with Crippen LogP contribution in [-0.2, 0) is 21.7 Å². The highest BCUT2D eigenvalue weighted by molar-refractivity contribution is 5.89. The van der Waals surface area contributed by atoms with Crippen LogP contribution in [0.2, 0.25) is 0 Å². The molecule has 2 aromatic carbocycles. The number of nitrogens with zero attached hydrogens (tertiary/aromatic N) is 3. The van der Waals surface area contributed by atoms with Gasteiger partial charge in [0.1, 0.15) is 17.9 Å². The fraction of sp³-hybridized carbons (Fsp3) is 0.370. The van der Waals surface area contributed by atoms with E-state index in [4.69, 9.17) is 15.7 Å². The summed E-state index contributed by atoms with van der Waals surface area (Å²) >= 11 is 0. The molecule has 3 heterocycles. The predicted octanol–water partition coefficient (Wildman–Crippen LogP) is 2.72. The van der Waals surface area contributed by atoms with Crippen molar-refractivity contribution in [2.45, 2.75) is 37.8 Å². The lowest BCUT2D eigenvalue weighted by Crippen LogP contribution is -2.53. The fourth-order valence-electron chi connectivity index (χ4n) is 5.22. The van der Waals surface area contributed by atoms with Gasteiger partial charge in [0, 0.05) is 43.2 Å². The summed E-state index contributed by atoms with van der Waals surface area (Å²) in [5, 5.41) is 13.6. The van der Waals surface area contributed by atoms with Crippen LogP contribution < -0.4 is 16.0 Å². The number of benzene rings is 2. The molecule has 1 unspecified atom stereocenters. The van der Waals surface area contributed by atoms with Crippen molar-refractivity contribution in [3.63, 3.8) is 0 Å². The van der Waals surface area contributed by atoms with Gasteiger partial charge in [0.2, 0.25) is 5.91 Å². The fourth-order valence-corrected chi connectivity index (χ4v) is 5.22. The topological polar surface area (TPSA) is 121 Å². The van der Waals surface area contributed by atoms with Crippen molar-refractivity contribution in [3.05, 3.63) is 71.9 Å². The van der Waals surface area contributed by atoms with Crippen molar-refractivity contribution in [1.29, 1.82) is 0 Å². The summed E-state index contributed by atoms with van der Waals surface area (Å²) in [7, 11) is 0. The Balaban J connectivity index is 1.20. The number of amides is 2. The van der Waals surface area contributed by atoms with Crippen LogP contribution >= 0.6 is 0 Å². The second-order valence-electron chi connectivity index (χ2n) is 9.59. The van der Waals surface area contributed by atoms with Crippen LogP contribution in [0.15, 0.2) is 60.8 Å². The number of pyridine rings is 1. The maximum Gasteiger partial charge on any atom is 0.261 e. The SMILES string of the molecule is NC1(c2ccc(OCc3ccnc4ccccc34)cc2)CCN(N2CCC(CC(=O)NO)CC2)C1=O. The van der Waals surface area contributed by atoms with Crippen molar-refractivity contribution in [1.82, 2.24) is 20.5 Å². The number of para-hydroxylation sites is 1. The molecule has 188 valence electrons. The molecule has 2 fully saturated rings. The second kappa shape index (κ2) is 10.2. The van der Waals surface area contributed by atoms with Crippen LogP contribution in [0, 0.1) is 5.92 Å². The zero-order valence-electron chi connectivity index (χ0n) is 20.1. The zero-order chi connectivity index (χ0) is 25.1. The highest BCUT2D eigenvalue weighted by Crippen LogP contribution is 2.34. The molecular formula is C27H31N5O4. The molecule has 2 aliphatic rings. The third-order valence-electron chi connectivity index (χ3n) is 7.37. The van der Waals surface area contributed by atoms with Gasteiger partial charge in [-0.3, -0.25) is 24.8 Å². The van der Waals surface area contributed by atoms with Crippen molar-refractivity contribution in [3.8, 4) is 5.75 Å². The van der Waals surface area contributed by atoms with E-state index in [1.165, 1.54) is 0 Å². The summed E-state index contributed by atoms with van der Waals surface area (Å²) in [5.74, 6) is 0.435. The summed E-state index contributed by atoms with van der Waals surface area (Å²) in [6.45, 7) is 2.34. The molecule has 9 nitrogen and oxygen atoms in total. The van der Waals surface area contributed by atoms with Crippen LogP contribution in [0.4, 0.5) is 0 Å². The van der Waals surface area contributed by atoms with E-state index < -0.39 is 5.54 Å². The molecule has 2 amide bonds. The average molecular weight is 490 g/mol. The maximum atomic E-state index is 13.4. The van der Waals surface area contributed by atoms with Crippen molar-refractivity contribution >= 4 is 22.7 Å². The number of nitrogens with one attached hydrogen (secondary N) is 1. The van der Waals surface area contributed by atoms with E-state index in [-0.39, 0.29) is 17.7 Å². The molecule has 3 aromatic rings. The van der Waals surface area contributed by atoms with Crippen LogP contribution in [0.3, 0.4) is 0 Å². The number of hydrogen-bond donors (Lipinski definition) is 3. The maximum absolute atomic E-state index is 13.4. The number of nitrogens with two attached hydrogens (primary N) is 1. The van der Waals surface area contributed by atoms with E-state index in [1.54, 1.807) is 16.7 Å². The van der Waals surface area contributed by atoms with Gasteiger partial charge in [0.25, 0.3) is 5.91 Å². The standard InChI is InChI=1S/C27H31N5O4/c28-27(12-16-32(26(27)34)31-14-10-19(11-15-31)17-25(33)30-35)21-5-7-22(8-6-21)36-18-20-9-13-29-24-4-2-1-3-23(20)24/h1-9,13,19,35H,10-12,14-18,28H2,(H,30,33). The Kier molecular flexibility index (Phi) is 6.86. The first-order chi connectivity index (χ1) is 17.5. The minimum absolute atomic E-state index is 0.106. The van der Waals surface area contributed by atoms with Crippen LogP contribution in [0.5, 0.6) is 5.75 Å². The summed E-state index contributed by atoms with van der Waals surface area (Å²) < 4.78 is 6.02. The van der Waals surface area contributed by atoms with Gasteiger partial charge >= 0.3 is 0 Å². The molecule has 0 spiro atoms. The van der Waals surface area contributed by atoms with Crippen molar-refractivity contribution < 1.29 is 19.5 Å². The molecule has 9 heteroatoms. The largest absolute Gasteiger partial charge is 0.489 e. The predicted molar refractivity (Wildman–Crippen MR) is 134 cm³/mol. The normalized spacial score (nSPS) is 21.2. The molecule has 36 heavy (non-hydrogen) atoms. The average Bonchev–Trinajstić information content (AvgIpc) is 3.23. The molecule has 0 aliphatic carbocycles. The minimum atomic E-state index is -1.08. The van der Waals surface area contributed by atoms with E-state index in [9.17, 15) is 9.59 Å². The quantitative estimate of drug-likeness (QED) is 0.345. The van der Waals surface area contributed by atoms with E-state index >= 15 is 0 Å².